The Hall–Kier alpha value is -2.61. The molecule has 0 bridgehead atoms. The Morgan fingerprint density at radius 2 is 2.19 bits per heavy atom. The number of nitrogens with one attached hydrogen (secondary N) is 1. The second-order valence-corrected chi connectivity index (χ2v) is 7.18. The minimum absolute atomic E-state index is 0.145. The quantitative estimate of drug-likeness (QED) is 0.741. The van der Waals surface area contributed by atoms with Gasteiger partial charge in [-0.25, -0.2) is 0 Å². The van der Waals surface area contributed by atoms with Crippen molar-refractivity contribution in [2.45, 2.75) is 44.2 Å². The first-order chi connectivity index (χ1) is 13.2. The first-order valence-corrected chi connectivity index (χ1v) is 9.93. The Bertz CT molecular complexity index is 760. The van der Waals surface area contributed by atoms with Crippen LogP contribution in [0.2, 0.25) is 0 Å². The Kier molecular flexibility index (Phi) is 6.64. The number of hydrogen-bond acceptors (Lipinski definition) is 6. The summed E-state index contributed by atoms with van der Waals surface area (Å²) in [5, 5.41) is 8.58. The van der Waals surface area contributed by atoms with E-state index in [0.717, 1.165) is 37.2 Å². The molecule has 0 aromatic carbocycles. The third-order valence-corrected chi connectivity index (χ3v) is 5.18. The first-order valence-electron chi connectivity index (χ1n) is 9.10. The van der Waals surface area contributed by atoms with Gasteiger partial charge < -0.3 is 10.2 Å². The predicted molar refractivity (Wildman–Crippen MR) is 103 cm³/mol. The average Bonchev–Trinajstić information content (AvgIpc) is 3.23. The number of carbonyl (C=O) groups is 2. The van der Waals surface area contributed by atoms with Crippen molar-refractivity contribution in [2.24, 2.45) is 0 Å². The van der Waals surface area contributed by atoms with Crippen molar-refractivity contribution in [3.63, 3.8) is 0 Å². The van der Waals surface area contributed by atoms with Crippen LogP contribution in [0.1, 0.15) is 54.2 Å². The summed E-state index contributed by atoms with van der Waals surface area (Å²) in [5.41, 5.74) is 0.880. The normalized spacial score (nSPS) is 15.7. The number of aromatic nitrogens is 3. The SMILES string of the molecule is C=CCN(C(=O)c1csnn1)[C@H](C(=O)NC1CCCCC1)c1cccnc1. The second kappa shape index (κ2) is 9.36. The van der Waals surface area contributed by atoms with Crippen molar-refractivity contribution in [2.75, 3.05) is 6.54 Å². The van der Waals surface area contributed by atoms with E-state index >= 15 is 0 Å². The number of rotatable bonds is 7. The lowest BCUT2D eigenvalue weighted by molar-refractivity contribution is -0.126. The largest absolute Gasteiger partial charge is 0.351 e. The Morgan fingerprint density at radius 1 is 1.37 bits per heavy atom. The molecule has 1 saturated carbocycles. The van der Waals surface area contributed by atoms with E-state index in [1.165, 1.54) is 11.3 Å². The minimum Gasteiger partial charge on any atom is -0.351 e. The molecular formula is C19H23N5O2S. The second-order valence-electron chi connectivity index (χ2n) is 6.57. The monoisotopic (exact) mass is 385 g/mol. The molecule has 1 atom stereocenters. The van der Waals surface area contributed by atoms with Crippen molar-refractivity contribution in [3.05, 3.63) is 53.8 Å². The van der Waals surface area contributed by atoms with E-state index in [0.29, 0.717) is 5.56 Å². The molecule has 0 aliphatic heterocycles. The number of carbonyl (C=O) groups excluding carboxylic acids is 2. The highest BCUT2D eigenvalue weighted by molar-refractivity contribution is 7.03. The zero-order chi connectivity index (χ0) is 19.1. The van der Waals surface area contributed by atoms with Crippen LogP contribution in [0.5, 0.6) is 0 Å². The van der Waals surface area contributed by atoms with Gasteiger partial charge in [0.15, 0.2) is 5.69 Å². The van der Waals surface area contributed by atoms with Gasteiger partial charge in [0.25, 0.3) is 5.91 Å². The van der Waals surface area contributed by atoms with Crippen LogP contribution < -0.4 is 5.32 Å². The Labute approximate surface area is 162 Å². The highest BCUT2D eigenvalue weighted by Crippen LogP contribution is 2.25. The highest BCUT2D eigenvalue weighted by Gasteiger charge is 2.33. The van der Waals surface area contributed by atoms with Gasteiger partial charge in [0.2, 0.25) is 5.91 Å². The zero-order valence-electron chi connectivity index (χ0n) is 15.1. The van der Waals surface area contributed by atoms with Crippen LogP contribution in [-0.2, 0) is 4.79 Å². The maximum atomic E-state index is 13.2. The Morgan fingerprint density at radius 3 is 2.81 bits per heavy atom. The molecule has 2 aromatic rings. The number of amides is 2. The third-order valence-electron chi connectivity index (χ3n) is 4.68. The zero-order valence-corrected chi connectivity index (χ0v) is 15.9. The molecule has 27 heavy (non-hydrogen) atoms. The van der Waals surface area contributed by atoms with Crippen LogP contribution in [0, 0.1) is 0 Å². The van der Waals surface area contributed by atoms with Gasteiger partial charge in [0, 0.05) is 35.9 Å². The van der Waals surface area contributed by atoms with E-state index in [-0.39, 0.29) is 30.1 Å². The fourth-order valence-electron chi connectivity index (χ4n) is 3.39. The van der Waals surface area contributed by atoms with Gasteiger partial charge in [-0.2, -0.15) is 0 Å². The molecule has 2 amide bonds. The van der Waals surface area contributed by atoms with E-state index in [2.05, 4.69) is 26.5 Å². The van der Waals surface area contributed by atoms with E-state index < -0.39 is 6.04 Å². The lowest BCUT2D eigenvalue weighted by Crippen LogP contribution is -2.47. The molecule has 0 radical (unpaired) electrons. The summed E-state index contributed by atoms with van der Waals surface area (Å²) in [4.78, 5) is 31.8. The molecule has 8 heteroatoms. The number of pyridine rings is 1. The highest BCUT2D eigenvalue weighted by atomic mass is 32.1. The summed E-state index contributed by atoms with van der Waals surface area (Å²) in [6, 6.07) is 2.91. The lowest BCUT2D eigenvalue weighted by atomic mass is 9.95. The molecule has 1 aliphatic rings. The summed E-state index contributed by atoms with van der Waals surface area (Å²) in [6.45, 7) is 3.96. The standard InChI is InChI=1S/C19H23N5O2S/c1-2-11-24(19(26)16-13-27-23-22-16)17(14-7-6-10-20-12-14)18(25)21-15-8-4-3-5-9-15/h2,6-7,10,12-13,15,17H,1,3-5,8-9,11H2,(H,21,25)/t17-/m0/s1. The van der Waals surface area contributed by atoms with Crippen molar-refractivity contribution in [1.29, 1.82) is 0 Å². The topological polar surface area (TPSA) is 88.1 Å². The summed E-state index contributed by atoms with van der Waals surface area (Å²) in [6.07, 6.45) is 10.2. The van der Waals surface area contributed by atoms with Gasteiger partial charge >= 0.3 is 0 Å². The molecule has 2 heterocycles. The van der Waals surface area contributed by atoms with Crippen molar-refractivity contribution in [1.82, 2.24) is 24.8 Å². The van der Waals surface area contributed by atoms with Gasteiger partial charge in [-0.15, -0.1) is 11.7 Å². The maximum Gasteiger partial charge on any atom is 0.276 e. The van der Waals surface area contributed by atoms with Crippen molar-refractivity contribution >= 4 is 23.3 Å². The van der Waals surface area contributed by atoms with Crippen LogP contribution in [0.4, 0.5) is 0 Å². The molecule has 1 fully saturated rings. The van der Waals surface area contributed by atoms with Crippen LogP contribution >= 0.6 is 11.5 Å². The molecular weight excluding hydrogens is 362 g/mol. The minimum atomic E-state index is -0.798. The van der Waals surface area contributed by atoms with E-state index in [1.807, 2.05) is 0 Å². The molecule has 0 spiro atoms. The molecule has 1 aliphatic carbocycles. The van der Waals surface area contributed by atoms with E-state index in [4.69, 9.17) is 0 Å². The fraction of sp³-hybridized carbons (Fsp3) is 0.421. The van der Waals surface area contributed by atoms with Crippen LogP contribution in [0.25, 0.3) is 0 Å². The predicted octanol–water partition coefficient (Wildman–Crippen LogP) is 2.75. The van der Waals surface area contributed by atoms with Crippen LogP contribution in [0.3, 0.4) is 0 Å². The number of nitrogens with zero attached hydrogens (tertiary/aromatic N) is 4. The molecule has 1 N–H and O–H groups in total. The third kappa shape index (κ3) is 4.77. The molecule has 2 aromatic heterocycles. The van der Waals surface area contributed by atoms with Gasteiger partial charge in [0.05, 0.1) is 0 Å². The van der Waals surface area contributed by atoms with Gasteiger partial charge in [-0.05, 0) is 30.4 Å². The number of hydrogen-bond donors (Lipinski definition) is 1. The Balaban J connectivity index is 1.90. The summed E-state index contributed by atoms with van der Waals surface area (Å²) in [7, 11) is 0. The average molecular weight is 385 g/mol. The van der Waals surface area contributed by atoms with Crippen LogP contribution in [-0.4, -0.2) is 43.9 Å². The summed E-state index contributed by atoms with van der Waals surface area (Å²) >= 11 is 1.10. The summed E-state index contributed by atoms with van der Waals surface area (Å²) < 4.78 is 3.76. The van der Waals surface area contributed by atoms with Crippen molar-refractivity contribution < 1.29 is 9.59 Å². The molecule has 0 saturated heterocycles. The van der Waals surface area contributed by atoms with Crippen molar-refractivity contribution in [3.8, 4) is 0 Å². The molecule has 3 rings (SSSR count). The smallest absolute Gasteiger partial charge is 0.276 e. The van der Waals surface area contributed by atoms with Gasteiger partial charge in [-0.3, -0.25) is 14.6 Å². The fourth-order valence-corrected chi connectivity index (χ4v) is 3.82. The first kappa shape index (κ1) is 19.2. The van der Waals surface area contributed by atoms with E-state index in [1.54, 1.807) is 36.0 Å². The molecule has 142 valence electrons. The maximum absolute atomic E-state index is 13.2. The molecule has 0 unspecified atom stereocenters. The van der Waals surface area contributed by atoms with Gasteiger partial charge in [0.1, 0.15) is 6.04 Å². The molecule has 7 nitrogen and oxygen atoms in total. The van der Waals surface area contributed by atoms with E-state index in [9.17, 15) is 9.59 Å². The lowest BCUT2D eigenvalue weighted by Gasteiger charge is -2.32. The van der Waals surface area contributed by atoms with Gasteiger partial charge in [-0.1, -0.05) is 35.9 Å². The van der Waals surface area contributed by atoms with Crippen LogP contribution in [0.15, 0.2) is 42.6 Å². The summed E-state index contributed by atoms with van der Waals surface area (Å²) in [5.74, 6) is -0.551.